The Labute approximate surface area is 286 Å². The number of rotatable bonds is 8. The molecule has 49 heavy (non-hydrogen) atoms. The van der Waals surface area contributed by atoms with Crippen molar-refractivity contribution in [3.05, 3.63) is 84.1 Å². The zero-order valence-corrected chi connectivity index (χ0v) is 27.9. The predicted octanol–water partition coefficient (Wildman–Crippen LogP) is 5.22. The Balaban J connectivity index is 0.957. The SMILES string of the molecule is CS[C@@]1(C(=O)Nc2ccc3[nH]nc(-c4ccnc(C)n4)c3c2)CCN(CC(=O)N2CCC(c3cc(F)c(-c4ncccn4)cc3F)CC2)C1. The molecule has 2 amide bonds. The van der Waals surface area contributed by atoms with E-state index in [0.717, 1.165) is 17.0 Å². The number of carbonyl (C=O) groups excluding carboxylic acids is 2. The van der Waals surface area contributed by atoms with Gasteiger partial charge in [-0.05, 0) is 86.4 Å². The van der Waals surface area contributed by atoms with Gasteiger partial charge < -0.3 is 10.2 Å². The lowest BCUT2D eigenvalue weighted by Crippen LogP contribution is -2.46. The molecule has 0 unspecified atom stereocenters. The normalized spacial score (nSPS) is 18.7. The lowest BCUT2D eigenvalue weighted by Gasteiger charge is -2.33. The molecule has 2 aliphatic heterocycles. The average Bonchev–Trinajstić information content (AvgIpc) is 3.74. The lowest BCUT2D eigenvalue weighted by molar-refractivity contribution is -0.133. The zero-order chi connectivity index (χ0) is 34.1. The summed E-state index contributed by atoms with van der Waals surface area (Å²) in [7, 11) is 0. The number of benzene rings is 2. The van der Waals surface area contributed by atoms with Crippen LogP contribution in [-0.4, -0.2) is 95.5 Å². The van der Waals surface area contributed by atoms with E-state index in [1.807, 2.05) is 36.3 Å². The molecule has 5 aromatic rings. The number of nitrogens with one attached hydrogen (secondary N) is 2. The molecule has 0 saturated carbocycles. The maximum atomic E-state index is 15.1. The number of halogens is 2. The van der Waals surface area contributed by atoms with Gasteiger partial charge in [-0.2, -0.15) is 5.10 Å². The van der Waals surface area contributed by atoms with Crippen LogP contribution in [0.4, 0.5) is 14.5 Å². The highest BCUT2D eigenvalue weighted by atomic mass is 32.2. The molecule has 5 heterocycles. The number of hydrogen-bond donors (Lipinski definition) is 2. The standard InChI is InChI=1S/C35H35F2N9O2S/c1-21-38-12-6-30(41-21)32-26-16-23(4-5-29(26)43-44-32)42-34(48)35(49-2)9-15-45(20-35)19-31(47)46-13-7-22(8-14-46)24-17-28(37)25(18-27(24)36)33-39-10-3-11-40-33/h3-6,10-12,16-18,22H,7-9,13-15,19-20H2,1-2H3,(H,42,48)(H,43,44)/t35-/m0/s1. The number of aromatic amines is 1. The summed E-state index contributed by atoms with van der Waals surface area (Å²) in [6.45, 7) is 3.95. The molecular formula is C35H35F2N9O2S. The second-order valence-corrected chi connectivity index (χ2v) is 13.7. The summed E-state index contributed by atoms with van der Waals surface area (Å²) in [5, 5.41) is 11.4. The quantitative estimate of drug-likeness (QED) is 0.226. The summed E-state index contributed by atoms with van der Waals surface area (Å²) >= 11 is 1.49. The van der Waals surface area contributed by atoms with Gasteiger partial charge in [0.05, 0.1) is 23.3 Å². The number of thioether (sulfide) groups is 1. The number of hydrogen-bond acceptors (Lipinski definition) is 9. The summed E-state index contributed by atoms with van der Waals surface area (Å²) in [5.41, 5.74) is 3.18. The molecule has 2 aliphatic rings. The van der Waals surface area contributed by atoms with E-state index in [0.29, 0.717) is 73.9 Å². The molecule has 2 aromatic carbocycles. The van der Waals surface area contributed by atoms with E-state index < -0.39 is 16.4 Å². The van der Waals surface area contributed by atoms with Crippen LogP contribution < -0.4 is 5.32 Å². The van der Waals surface area contributed by atoms with Gasteiger partial charge in [-0.25, -0.2) is 28.7 Å². The number of nitrogens with zero attached hydrogens (tertiary/aromatic N) is 7. The van der Waals surface area contributed by atoms with Gasteiger partial charge in [0.25, 0.3) is 0 Å². The van der Waals surface area contributed by atoms with E-state index in [4.69, 9.17) is 0 Å². The van der Waals surface area contributed by atoms with Crippen molar-refractivity contribution in [3.8, 4) is 22.8 Å². The third kappa shape index (κ3) is 6.62. The topological polar surface area (TPSA) is 133 Å². The fourth-order valence-corrected chi connectivity index (χ4v) is 7.62. The number of fused-ring (bicyclic) bond motifs is 1. The first-order chi connectivity index (χ1) is 23.7. The third-order valence-electron chi connectivity index (χ3n) is 9.49. The van der Waals surface area contributed by atoms with Crippen LogP contribution in [0.25, 0.3) is 33.7 Å². The number of anilines is 1. The van der Waals surface area contributed by atoms with Crippen LogP contribution in [0.2, 0.25) is 0 Å². The number of carbonyl (C=O) groups is 2. The second kappa shape index (κ2) is 13.6. The molecule has 0 aliphatic carbocycles. The van der Waals surface area contributed by atoms with Gasteiger partial charge in [-0.15, -0.1) is 11.8 Å². The fourth-order valence-electron chi connectivity index (χ4n) is 6.77. The van der Waals surface area contributed by atoms with Gasteiger partial charge in [-0.1, -0.05) is 0 Å². The number of likely N-dealkylation sites (tertiary alicyclic amines) is 2. The van der Waals surface area contributed by atoms with Crippen LogP contribution in [0.5, 0.6) is 0 Å². The van der Waals surface area contributed by atoms with Gasteiger partial charge >= 0.3 is 0 Å². The highest BCUT2D eigenvalue weighted by Gasteiger charge is 2.45. The van der Waals surface area contributed by atoms with Crippen LogP contribution >= 0.6 is 11.8 Å². The molecule has 2 N–H and O–H groups in total. The Morgan fingerprint density at radius 2 is 1.82 bits per heavy atom. The smallest absolute Gasteiger partial charge is 0.241 e. The minimum Gasteiger partial charge on any atom is -0.342 e. The van der Waals surface area contributed by atoms with Crippen molar-refractivity contribution >= 4 is 40.2 Å². The minimum atomic E-state index is -0.718. The third-order valence-corrected chi connectivity index (χ3v) is 10.8. The molecule has 2 saturated heterocycles. The summed E-state index contributed by atoms with van der Waals surface area (Å²) in [6.07, 6.45) is 8.24. The molecule has 1 atom stereocenters. The number of aryl methyl sites for hydroxylation is 1. The zero-order valence-electron chi connectivity index (χ0n) is 27.1. The second-order valence-electron chi connectivity index (χ2n) is 12.5. The van der Waals surface area contributed by atoms with Crippen LogP contribution in [-0.2, 0) is 9.59 Å². The maximum absolute atomic E-state index is 15.1. The van der Waals surface area contributed by atoms with E-state index in [2.05, 4.69) is 35.5 Å². The minimum absolute atomic E-state index is 0.0249. The lowest BCUT2D eigenvalue weighted by atomic mass is 9.88. The number of H-pyrrole nitrogens is 1. The van der Waals surface area contributed by atoms with Crippen molar-refractivity contribution in [2.45, 2.75) is 36.9 Å². The van der Waals surface area contributed by atoms with Crippen molar-refractivity contribution in [3.63, 3.8) is 0 Å². The first-order valence-electron chi connectivity index (χ1n) is 16.1. The summed E-state index contributed by atoms with van der Waals surface area (Å²) < 4.78 is 29.4. The van der Waals surface area contributed by atoms with Gasteiger partial charge in [0, 0.05) is 55.8 Å². The van der Waals surface area contributed by atoms with E-state index >= 15 is 4.39 Å². The van der Waals surface area contributed by atoms with Crippen molar-refractivity contribution in [1.29, 1.82) is 0 Å². The molecular weight excluding hydrogens is 649 g/mol. The molecule has 14 heteroatoms. The number of amides is 2. The van der Waals surface area contributed by atoms with Crippen LogP contribution in [0.1, 0.15) is 36.6 Å². The Bertz CT molecular complexity index is 2020. The largest absolute Gasteiger partial charge is 0.342 e. The van der Waals surface area contributed by atoms with Gasteiger partial charge in [0.2, 0.25) is 11.8 Å². The predicted molar refractivity (Wildman–Crippen MR) is 184 cm³/mol. The monoisotopic (exact) mass is 683 g/mol. The van der Waals surface area contributed by atoms with Crippen molar-refractivity contribution in [2.75, 3.05) is 44.3 Å². The summed E-state index contributed by atoms with van der Waals surface area (Å²) in [4.78, 5) is 47.6. The van der Waals surface area contributed by atoms with E-state index in [1.54, 1.807) is 23.2 Å². The Morgan fingerprint density at radius 3 is 2.57 bits per heavy atom. The van der Waals surface area contributed by atoms with Crippen LogP contribution in [0.15, 0.2) is 61.1 Å². The Kier molecular flexibility index (Phi) is 9.07. The molecule has 3 aromatic heterocycles. The molecule has 11 nitrogen and oxygen atoms in total. The summed E-state index contributed by atoms with van der Waals surface area (Å²) in [6, 6.07) is 11.4. The Hall–Kier alpha value is -4.82. The number of aromatic nitrogens is 6. The molecule has 0 bridgehead atoms. The van der Waals surface area contributed by atoms with E-state index in [9.17, 15) is 14.0 Å². The van der Waals surface area contributed by atoms with Gasteiger partial charge in [0.1, 0.15) is 27.9 Å². The summed E-state index contributed by atoms with van der Waals surface area (Å²) in [5.74, 6) is -0.638. The van der Waals surface area contributed by atoms with Crippen molar-refractivity contribution in [2.24, 2.45) is 0 Å². The van der Waals surface area contributed by atoms with E-state index in [1.165, 1.54) is 30.2 Å². The van der Waals surface area contributed by atoms with Gasteiger partial charge in [0.15, 0.2) is 5.82 Å². The molecule has 7 rings (SSSR count). The van der Waals surface area contributed by atoms with Crippen LogP contribution in [0, 0.1) is 18.6 Å². The van der Waals surface area contributed by atoms with Gasteiger partial charge in [-0.3, -0.25) is 19.6 Å². The highest BCUT2D eigenvalue weighted by molar-refractivity contribution is 8.00. The van der Waals surface area contributed by atoms with Crippen molar-refractivity contribution in [1.82, 2.24) is 39.9 Å². The maximum Gasteiger partial charge on any atom is 0.241 e. The average molecular weight is 684 g/mol. The van der Waals surface area contributed by atoms with Crippen LogP contribution in [0.3, 0.4) is 0 Å². The van der Waals surface area contributed by atoms with Crippen molar-refractivity contribution < 1.29 is 18.4 Å². The number of piperidine rings is 1. The molecule has 2 fully saturated rings. The fraction of sp³-hybridized carbons (Fsp3) is 0.343. The first-order valence-corrected chi connectivity index (χ1v) is 17.4. The molecule has 0 radical (unpaired) electrons. The highest BCUT2D eigenvalue weighted by Crippen LogP contribution is 2.37. The Morgan fingerprint density at radius 1 is 1.02 bits per heavy atom. The van der Waals surface area contributed by atoms with E-state index in [-0.39, 0.29) is 35.7 Å². The molecule has 0 spiro atoms. The molecule has 252 valence electrons. The first kappa shape index (κ1) is 32.7.